The summed E-state index contributed by atoms with van der Waals surface area (Å²) in [6.45, 7) is 5.99. The third kappa shape index (κ3) is 2.05. The van der Waals surface area contributed by atoms with Crippen LogP contribution in [0.15, 0.2) is 12.7 Å². The first-order chi connectivity index (χ1) is 5.24. The van der Waals surface area contributed by atoms with Gasteiger partial charge in [0.1, 0.15) is 0 Å². The van der Waals surface area contributed by atoms with E-state index in [0.29, 0.717) is 6.54 Å². The Labute approximate surface area is 66.3 Å². The highest BCUT2D eigenvalue weighted by molar-refractivity contribution is 5.70. The van der Waals surface area contributed by atoms with Gasteiger partial charge in [-0.2, -0.15) is 0 Å². The molecule has 0 saturated carbocycles. The van der Waals surface area contributed by atoms with Gasteiger partial charge in [0.2, 0.25) is 0 Å². The van der Waals surface area contributed by atoms with Crippen molar-refractivity contribution in [1.82, 2.24) is 4.90 Å². The first-order valence-electron chi connectivity index (χ1n) is 3.80. The van der Waals surface area contributed by atoms with Gasteiger partial charge in [-0.3, -0.25) is 9.69 Å². The second-order valence-corrected chi connectivity index (χ2v) is 2.87. The third-order valence-electron chi connectivity index (χ3n) is 2.01. The minimum absolute atomic E-state index is 0.157. The largest absolute Gasteiger partial charge is 0.481 e. The van der Waals surface area contributed by atoms with Crippen molar-refractivity contribution in [2.24, 2.45) is 5.92 Å². The molecule has 0 aromatic carbocycles. The van der Waals surface area contributed by atoms with Crippen molar-refractivity contribution in [2.45, 2.75) is 6.42 Å². The predicted molar refractivity (Wildman–Crippen MR) is 42.4 cm³/mol. The fourth-order valence-corrected chi connectivity index (χ4v) is 1.38. The van der Waals surface area contributed by atoms with Crippen LogP contribution in [-0.2, 0) is 4.79 Å². The summed E-state index contributed by atoms with van der Waals surface area (Å²) in [5.74, 6) is -0.827. The van der Waals surface area contributed by atoms with Crippen molar-refractivity contribution in [3.8, 4) is 0 Å². The molecule has 0 aromatic heterocycles. The highest BCUT2D eigenvalue weighted by Crippen LogP contribution is 2.15. The molecule has 1 saturated heterocycles. The molecule has 1 atom stereocenters. The van der Waals surface area contributed by atoms with Gasteiger partial charge in [-0.25, -0.2) is 0 Å². The van der Waals surface area contributed by atoms with E-state index in [0.717, 1.165) is 19.5 Å². The Hall–Kier alpha value is -0.830. The molecular formula is C8H13NO2. The van der Waals surface area contributed by atoms with Gasteiger partial charge in [0.05, 0.1) is 5.92 Å². The number of rotatable bonds is 3. The molecule has 0 radical (unpaired) electrons. The zero-order chi connectivity index (χ0) is 8.27. The summed E-state index contributed by atoms with van der Waals surface area (Å²) in [5, 5.41) is 8.65. The van der Waals surface area contributed by atoms with E-state index in [-0.39, 0.29) is 5.92 Å². The van der Waals surface area contributed by atoms with Crippen LogP contribution in [0.1, 0.15) is 6.42 Å². The van der Waals surface area contributed by atoms with Crippen LogP contribution in [0.25, 0.3) is 0 Å². The fourth-order valence-electron chi connectivity index (χ4n) is 1.38. The summed E-state index contributed by atoms with van der Waals surface area (Å²) in [4.78, 5) is 12.6. The number of carboxylic acids is 1. The molecule has 62 valence electrons. The lowest BCUT2D eigenvalue weighted by atomic mass is 10.1. The minimum atomic E-state index is -0.670. The Morgan fingerprint density at radius 2 is 2.55 bits per heavy atom. The van der Waals surface area contributed by atoms with Crippen molar-refractivity contribution in [3.05, 3.63) is 12.7 Å². The molecule has 0 spiro atoms. The quantitative estimate of drug-likeness (QED) is 0.606. The molecule has 1 rings (SSSR count). The molecule has 1 unspecified atom stereocenters. The molecule has 0 aromatic rings. The van der Waals surface area contributed by atoms with Gasteiger partial charge in [-0.15, -0.1) is 6.58 Å². The number of carbonyl (C=O) groups is 1. The van der Waals surface area contributed by atoms with Gasteiger partial charge in [0, 0.05) is 13.1 Å². The van der Waals surface area contributed by atoms with Crippen LogP contribution < -0.4 is 0 Å². The molecule has 0 bridgehead atoms. The summed E-state index contributed by atoms with van der Waals surface area (Å²) in [6.07, 6.45) is 2.59. The molecule has 0 amide bonds. The maximum atomic E-state index is 10.5. The van der Waals surface area contributed by atoms with E-state index in [1.54, 1.807) is 0 Å². The average Bonchev–Trinajstić information content (AvgIpc) is 2.37. The van der Waals surface area contributed by atoms with Crippen molar-refractivity contribution in [1.29, 1.82) is 0 Å². The summed E-state index contributed by atoms with van der Waals surface area (Å²) in [6, 6.07) is 0. The molecule has 3 heteroatoms. The molecule has 1 fully saturated rings. The van der Waals surface area contributed by atoms with Crippen LogP contribution in [0.5, 0.6) is 0 Å². The monoisotopic (exact) mass is 155 g/mol. The van der Waals surface area contributed by atoms with Crippen molar-refractivity contribution in [2.75, 3.05) is 19.6 Å². The van der Waals surface area contributed by atoms with Crippen LogP contribution in [0.4, 0.5) is 0 Å². The molecule has 11 heavy (non-hydrogen) atoms. The summed E-state index contributed by atoms with van der Waals surface area (Å²) >= 11 is 0. The molecule has 1 N–H and O–H groups in total. The van der Waals surface area contributed by atoms with E-state index in [1.165, 1.54) is 0 Å². The molecule has 3 nitrogen and oxygen atoms in total. The molecular weight excluding hydrogens is 142 g/mol. The van der Waals surface area contributed by atoms with E-state index in [2.05, 4.69) is 11.5 Å². The van der Waals surface area contributed by atoms with E-state index in [1.807, 2.05) is 6.08 Å². The average molecular weight is 155 g/mol. The van der Waals surface area contributed by atoms with Gasteiger partial charge in [0.15, 0.2) is 0 Å². The van der Waals surface area contributed by atoms with Gasteiger partial charge >= 0.3 is 5.97 Å². The molecule has 1 aliphatic heterocycles. The zero-order valence-corrected chi connectivity index (χ0v) is 6.49. The minimum Gasteiger partial charge on any atom is -0.481 e. The Kier molecular flexibility index (Phi) is 2.65. The number of nitrogens with zero attached hydrogens (tertiary/aromatic N) is 1. The SMILES string of the molecule is C=CCN1CCC(C(=O)O)C1. The second kappa shape index (κ2) is 3.53. The number of hydrogen-bond acceptors (Lipinski definition) is 2. The van der Waals surface area contributed by atoms with Crippen LogP contribution in [-0.4, -0.2) is 35.6 Å². The maximum Gasteiger partial charge on any atom is 0.307 e. The van der Waals surface area contributed by atoms with Crippen LogP contribution in [0.2, 0.25) is 0 Å². The van der Waals surface area contributed by atoms with E-state index >= 15 is 0 Å². The van der Waals surface area contributed by atoms with Gasteiger partial charge in [0.25, 0.3) is 0 Å². The van der Waals surface area contributed by atoms with Gasteiger partial charge < -0.3 is 5.11 Å². The first kappa shape index (κ1) is 8.27. The van der Waals surface area contributed by atoms with Crippen molar-refractivity contribution in [3.63, 3.8) is 0 Å². The standard InChI is InChI=1S/C8H13NO2/c1-2-4-9-5-3-7(6-9)8(10)11/h2,7H,1,3-6H2,(H,10,11). The summed E-state index contributed by atoms with van der Waals surface area (Å²) < 4.78 is 0. The van der Waals surface area contributed by atoms with Crippen molar-refractivity contribution >= 4 is 5.97 Å². The summed E-state index contributed by atoms with van der Waals surface area (Å²) in [7, 11) is 0. The summed E-state index contributed by atoms with van der Waals surface area (Å²) in [5.41, 5.74) is 0. The molecule has 1 heterocycles. The van der Waals surface area contributed by atoms with Crippen LogP contribution >= 0.6 is 0 Å². The Morgan fingerprint density at radius 1 is 1.82 bits per heavy atom. The Balaban J connectivity index is 2.34. The normalized spacial score (nSPS) is 25.3. The number of hydrogen-bond donors (Lipinski definition) is 1. The van der Waals surface area contributed by atoms with Crippen LogP contribution in [0, 0.1) is 5.92 Å². The number of carboxylic acid groups (broad SMARTS) is 1. The fraction of sp³-hybridized carbons (Fsp3) is 0.625. The lowest BCUT2D eigenvalue weighted by Gasteiger charge is -2.10. The maximum absolute atomic E-state index is 10.5. The van der Waals surface area contributed by atoms with Crippen molar-refractivity contribution < 1.29 is 9.90 Å². The van der Waals surface area contributed by atoms with E-state index in [9.17, 15) is 4.79 Å². The van der Waals surface area contributed by atoms with Gasteiger partial charge in [-0.1, -0.05) is 6.08 Å². The van der Waals surface area contributed by atoms with E-state index in [4.69, 9.17) is 5.11 Å². The lowest BCUT2D eigenvalue weighted by molar-refractivity contribution is -0.141. The topological polar surface area (TPSA) is 40.5 Å². The lowest BCUT2D eigenvalue weighted by Crippen LogP contribution is -2.23. The van der Waals surface area contributed by atoms with E-state index < -0.39 is 5.97 Å². The van der Waals surface area contributed by atoms with Gasteiger partial charge in [-0.05, 0) is 13.0 Å². The zero-order valence-electron chi connectivity index (χ0n) is 6.49. The highest BCUT2D eigenvalue weighted by Gasteiger charge is 2.26. The smallest absolute Gasteiger partial charge is 0.307 e. The predicted octanol–water partition coefficient (Wildman–Crippen LogP) is 0.579. The number of likely N-dealkylation sites (tertiary alicyclic amines) is 1. The Bertz CT molecular complexity index is 167. The number of aliphatic carboxylic acids is 1. The highest BCUT2D eigenvalue weighted by atomic mass is 16.4. The Morgan fingerprint density at radius 3 is 3.00 bits per heavy atom. The first-order valence-corrected chi connectivity index (χ1v) is 3.80. The molecule has 1 aliphatic rings. The third-order valence-corrected chi connectivity index (χ3v) is 2.01. The van der Waals surface area contributed by atoms with Crippen LogP contribution in [0.3, 0.4) is 0 Å². The second-order valence-electron chi connectivity index (χ2n) is 2.87. The molecule has 0 aliphatic carbocycles.